The third-order valence-electron chi connectivity index (χ3n) is 7.94. The molecule has 0 aromatic heterocycles. The van der Waals surface area contributed by atoms with Gasteiger partial charge >= 0.3 is 18.2 Å². The van der Waals surface area contributed by atoms with E-state index in [1.807, 2.05) is 141 Å². The molecule has 1 aliphatic rings. The number of benzene rings is 4. The Hall–Kier alpha value is -3.80. The van der Waals surface area contributed by atoms with Crippen molar-refractivity contribution in [3.63, 3.8) is 0 Å². The number of methoxy groups -OCH3 is 1. The maximum absolute atomic E-state index is 13.5. The molecule has 1 fully saturated rings. The number of carbonyl (C=O) groups excluding carboxylic acids is 1. The molecule has 5 rings (SSSR count). The van der Waals surface area contributed by atoms with Crippen molar-refractivity contribution in [3.05, 3.63) is 150 Å². The molecule has 258 valence electrons. The van der Waals surface area contributed by atoms with Crippen molar-refractivity contribution < 1.29 is 37.6 Å². The zero-order valence-electron chi connectivity index (χ0n) is 28.7. The molecule has 0 bridgehead atoms. The van der Waals surface area contributed by atoms with Gasteiger partial charge in [0.2, 0.25) is 0 Å². The van der Waals surface area contributed by atoms with Crippen LogP contribution in [0, 0.1) is 6.10 Å². The maximum Gasteiger partial charge on any atom is 0.386 e. The molecule has 8 nitrogen and oxygen atoms in total. The van der Waals surface area contributed by atoms with E-state index in [1.54, 1.807) is 0 Å². The fraction of sp³-hybridized carbons (Fsp3) is 0.350. The normalized spacial score (nSPS) is 20.1. The van der Waals surface area contributed by atoms with E-state index < -0.39 is 44.8 Å². The first-order valence-corrected chi connectivity index (χ1v) is 20.1. The summed E-state index contributed by atoms with van der Waals surface area (Å²) >= 11 is 0. The summed E-state index contributed by atoms with van der Waals surface area (Å²) in [4.78, 5) is 13.5. The van der Waals surface area contributed by atoms with Gasteiger partial charge in [-0.1, -0.05) is 121 Å². The zero-order chi connectivity index (χ0) is 34.5. The predicted octanol–water partition coefficient (Wildman–Crippen LogP) is 7.28. The van der Waals surface area contributed by atoms with Gasteiger partial charge in [0.1, 0.15) is 6.10 Å². The van der Waals surface area contributed by atoms with Gasteiger partial charge in [0.05, 0.1) is 40.1 Å². The van der Waals surface area contributed by atoms with Crippen LogP contribution in [0.5, 0.6) is 0 Å². The van der Waals surface area contributed by atoms with Crippen LogP contribution in [-0.4, -0.2) is 58.5 Å². The second-order valence-electron chi connectivity index (χ2n) is 12.9. The van der Waals surface area contributed by atoms with E-state index in [9.17, 15) is 4.79 Å². The fourth-order valence-corrected chi connectivity index (χ4v) is 6.52. The number of ether oxygens (including phenoxy) is 6. The highest BCUT2D eigenvalue weighted by atomic mass is 28.4. The molecule has 0 saturated carbocycles. The lowest BCUT2D eigenvalue weighted by Crippen LogP contribution is -2.62. The largest absolute Gasteiger partial charge is 0.464 e. The Labute approximate surface area is 291 Å². The topological polar surface area (TPSA) is 81.7 Å². The molecule has 49 heavy (non-hydrogen) atoms. The molecule has 1 aliphatic heterocycles. The van der Waals surface area contributed by atoms with Gasteiger partial charge in [0.25, 0.3) is 6.10 Å². The van der Waals surface area contributed by atoms with Crippen molar-refractivity contribution in [2.45, 2.75) is 76.6 Å². The van der Waals surface area contributed by atoms with E-state index in [-0.39, 0.29) is 25.9 Å². The Morgan fingerprint density at radius 3 is 1.53 bits per heavy atom. The number of carbonyl (C=O) groups is 1. The predicted molar refractivity (Wildman–Crippen MR) is 190 cm³/mol. The van der Waals surface area contributed by atoms with Gasteiger partial charge in [-0.25, -0.2) is 4.79 Å². The lowest BCUT2D eigenvalue weighted by molar-refractivity contribution is -0.252. The van der Waals surface area contributed by atoms with E-state index in [4.69, 9.17) is 32.8 Å². The molecule has 1 heterocycles. The van der Waals surface area contributed by atoms with Gasteiger partial charge in [0.15, 0.2) is 20.5 Å². The smallest absolute Gasteiger partial charge is 0.386 e. The SMILES string of the molecule is COC(=O)C(O[Si](C)(C)C)[C+]1OC(COCc2ccccc2)[C@@H](OCc2ccccc2)[C@@H](OCc2ccccc2)C1OCc1ccccc1. The van der Waals surface area contributed by atoms with Crippen molar-refractivity contribution in [2.24, 2.45) is 0 Å². The van der Waals surface area contributed by atoms with Crippen molar-refractivity contribution in [2.75, 3.05) is 13.7 Å². The minimum Gasteiger partial charge on any atom is -0.464 e. The van der Waals surface area contributed by atoms with Crippen LogP contribution in [0.15, 0.2) is 121 Å². The summed E-state index contributed by atoms with van der Waals surface area (Å²) < 4.78 is 45.1. The summed E-state index contributed by atoms with van der Waals surface area (Å²) in [5.41, 5.74) is 3.97. The molecule has 0 aliphatic carbocycles. The molecule has 4 aromatic carbocycles. The molecular weight excluding hydrogens is 637 g/mol. The molecular formula is C40H47O8Si+. The average Bonchev–Trinajstić information content (AvgIpc) is 3.12. The molecule has 0 spiro atoms. The number of hydrogen-bond donors (Lipinski definition) is 0. The van der Waals surface area contributed by atoms with Crippen LogP contribution in [0.3, 0.4) is 0 Å². The summed E-state index contributed by atoms with van der Waals surface area (Å²) in [6, 6.07) is 39.7. The van der Waals surface area contributed by atoms with Gasteiger partial charge < -0.3 is 28.1 Å². The van der Waals surface area contributed by atoms with E-state index in [0.717, 1.165) is 22.3 Å². The molecule has 0 N–H and O–H groups in total. The number of esters is 1. The van der Waals surface area contributed by atoms with Gasteiger partial charge in [-0.3, -0.25) is 0 Å². The molecule has 0 amide bonds. The first-order chi connectivity index (χ1) is 23.8. The summed E-state index contributed by atoms with van der Waals surface area (Å²) in [6.45, 7) is 7.41. The van der Waals surface area contributed by atoms with Crippen molar-refractivity contribution >= 4 is 14.3 Å². The Morgan fingerprint density at radius 2 is 1.08 bits per heavy atom. The lowest BCUT2D eigenvalue weighted by atomic mass is 9.91. The van der Waals surface area contributed by atoms with Crippen LogP contribution < -0.4 is 0 Å². The quantitative estimate of drug-likeness (QED) is 0.0653. The molecule has 9 heteroatoms. The van der Waals surface area contributed by atoms with Crippen molar-refractivity contribution in [1.82, 2.24) is 0 Å². The van der Waals surface area contributed by atoms with E-state index in [2.05, 4.69) is 0 Å². The molecule has 3 unspecified atom stereocenters. The third-order valence-corrected chi connectivity index (χ3v) is 8.88. The van der Waals surface area contributed by atoms with Crippen LogP contribution >= 0.6 is 0 Å². The Balaban J connectivity index is 1.53. The van der Waals surface area contributed by atoms with Gasteiger partial charge in [0, 0.05) is 0 Å². The molecule has 5 atom stereocenters. The van der Waals surface area contributed by atoms with Crippen molar-refractivity contribution in [1.29, 1.82) is 0 Å². The second-order valence-corrected chi connectivity index (χ2v) is 17.4. The van der Waals surface area contributed by atoms with Gasteiger partial charge in [-0.05, 0) is 41.9 Å². The zero-order valence-corrected chi connectivity index (χ0v) is 29.7. The second kappa shape index (κ2) is 18.3. The van der Waals surface area contributed by atoms with Gasteiger partial charge in [-0.2, -0.15) is 4.74 Å². The molecule has 4 aromatic rings. The van der Waals surface area contributed by atoms with Crippen LogP contribution in [-0.2, 0) is 64.1 Å². The van der Waals surface area contributed by atoms with E-state index in [0.29, 0.717) is 13.2 Å². The molecule has 1 saturated heterocycles. The van der Waals surface area contributed by atoms with Gasteiger partial charge in [-0.15, -0.1) is 0 Å². The third kappa shape index (κ3) is 11.1. The van der Waals surface area contributed by atoms with Crippen LogP contribution in [0.25, 0.3) is 0 Å². The summed E-state index contributed by atoms with van der Waals surface area (Å²) in [7, 11) is -0.972. The highest BCUT2D eigenvalue weighted by Gasteiger charge is 2.63. The minimum atomic E-state index is -2.32. The van der Waals surface area contributed by atoms with E-state index in [1.165, 1.54) is 7.11 Å². The minimum absolute atomic E-state index is 0.162. The first-order valence-electron chi connectivity index (χ1n) is 16.7. The standard InChI is InChI=1S/C40H47O8Si/c1-42-40(41)39(48-49(2,3)4)38-37(46-28-33-23-15-8-16-24-33)36(45-27-32-21-13-7-14-22-32)35(44-26-31-19-11-6-12-20-31)34(47-38)29-43-25-30-17-9-5-10-18-30/h5-24,34-37,39H,25-29H2,1-4H3/q+1/t34?,35-,36-,37?,39?/m1/s1. The number of rotatable bonds is 17. The number of hydrogen-bond acceptors (Lipinski definition) is 8. The highest BCUT2D eigenvalue weighted by molar-refractivity contribution is 6.69. The van der Waals surface area contributed by atoms with E-state index >= 15 is 0 Å². The Morgan fingerprint density at radius 1 is 0.653 bits per heavy atom. The first kappa shape index (κ1) is 36.5. The maximum atomic E-state index is 13.5. The van der Waals surface area contributed by atoms with Crippen LogP contribution in [0.2, 0.25) is 19.6 Å². The fourth-order valence-electron chi connectivity index (χ4n) is 5.60. The highest BCUT2D eigenvalue weighted by Crippen LogP contribution is 2.38. The lowest BCUT2D eigenvalue weighted by Gasteiger charge is -2.40. The average molecular weight is 684 g/mol. The van der Waals surface area contributed by atoms with Crippen LogP contribution in [0.1, 0.15) is 22.3 Å². The Bertz CT molecular complexity index is 1520. The van der Waals surface area contributed by atoms with Crippen molar-refractivity contribution in [3.8, 4) is 0 Å². The summed E-state index contributed by atoms with van der Waals surface area (Å²) in [5, 5.41) is 0. The molecule has 0 radical (unpaired) electrons. The Kier molecular flexibility index (Phi) is 13.6. The monoisotopic (exact) mass is 683 g/mol. The van der Waals surface area contributed by atoms with Crippen LogP contribution in [0.4, 0.5) is 0 Å². The summed E-state index contributed by atoms with van der Waals surface area (Å²) in [6.07, 6.45) is -3.73. The summed E-state index contributed by atoms with van der Waals surface area (Å²) in [5.74, 6) is -0.569.